The molecule has 3 aliphatic heterocycles. The van der Waals surface area contributed by atoms with E-state index >= 15 is 0 Å². The first-order chi connectivity index (χ1) is 22.2. The molecule has 3 fully saturated rings. The molecule has 0 aromatic heterocycles. The fourth-order valence-corrected chi connectivity index (χ4v) is 6.62. The summed E-state index contributed by atoms with van der Waals surface area (Å²) in [5.41, 5.74) is 0.850. The first-order valence-electron chi connectivity index (χ1n) is 15.6. The zero-order chi connectivity index (χ0) is 32.4. The molecule has 3 heterocycles. The van der Waals surface area contributed by atoms with E-state index in [1.807, 2.05) is 24.3 Å². The van der Waals surface area contributed by atoms with Crippen molar-refractivity contribution in [3.63, 3.8) is 0 Å². The highest BCUT2D eigenvalue weighted by Crippen LogP contribution is 2.39. The van der Waals surface area contributed by atoms with Crippen LogP contribution in [-0.4, -0.2) is 65.7 Å². The number of hydrogen-bond acceptors (Lipinski definition) is 6. The van der Waals surface area contributed by atoms with Gasteiger partial charge in [-0.3, -0.25) is 9.69 Å². The summed E-state index contributed by atoms with van der Waals surface area (Å²) in [7, 11) is 0. The normalized spacial score (nSPS) is 24.0. The van der Waals surface area contributed by atoms with E-state index in [4.69, 9.17) is 9.47 Å². The van der Waals surface area contributed by atoms with Gasteiger partial charge in [0.15, 0.2) is 29.6 Å². The van der Waals surface area contributed by atoms with Gasteiger partial charge in [0, 0.05) is 36.8 Å². The Morgan fingerprint density at radius 3 is 2.07 bits per heavy atom. The second kappa shape index (κ2) is 14.1. The van der Waals surface area contributed by atoms with Crippen molar-refractivity contribution < 1.29 is 41.3 Å². The molecule has 0 saturated carbocycles. The van der Waals surface area contributed by atoms with Crippen LogP contribution in [0.25, 0.3) is 0 Å². The minimum Gasteiger partial charge on any atom is -0.392 e. The van der Waals surface area contributed by atoms with Gasteiger partial charge in [-0.1, -0.05) is 36.4 Å². The van der Waals surface area contributed by atoms with Crippen LogP contribution in [0.5, 0.6) is 0 Å². The minimum atomic E-state index is -2.34. The predicted octanol–water partition coefficient (Wildman–Crippen LogP) is 6.23. The van der Waals surface area contributed by atoms with Crippen LogP contribution < -0.4 is 5.32 Å². The van der Waals surface area contributed by atoms with Gasteiger partial charge in [0.05, 0.1) is 18.8 Å². The Balaban J connectivity index is 1.18. The standard InChI is InChI=1S/C34H36F5N3O4/c35-28-27(29(36)31(38)32(39)30(28)37)33(44)40-23-11-9-22(10-12-23)34-45-25(16-26(46-34)21-7-5-20(19-43)6-8-21)18-42-15-3-4-24(42)17-41-13-1-2-14-41/h5-12,24-26,34,43H,1-4,13-19H2,(H,40,44)/t24-,25-,26+,34+/m0/s1. The zero-order valence-electron chi connectivity index (χ0n) is 25.2. The Morgan fingerprint density at radius 1 is 0.783 bits per heavy atom. The minimum absolute atomic E-state index is 0.0687. The molecule has 12 heteroatoms. The summed E-state index contributed by atoms with van der Waals surface area (Å²) in [5.74, 6) is -12.6. The van der Waals surface area contributed by atoms with Crippen molar-refractivity contribution >= 4 is 11.6 Å². The molecular formula is C34H36F5N3O4. The molecule has 7 nitrogen and oxygen atoms in total. The van der Waals surface area contributed by atoms with Crippen molar-refractivity contribution in [1.29, 1.82) is 0 Å². The van der Waals surface area contributed by atoms with Crippen LogP contribution in [0.2, 0.25) is 0 Å². The lowest BCUT2D eigenvalue weighted by atomic mass is 9.99. The van der Waals surface area contributed by atoms with Crippen molar-refractivity contribution in [2.24, 2.45) is 0 Å². The Bertz CT molecular complexity index is 1510. The lowest BCUT2D eigenvalue weighted by Crippen LogP contribution is -2.45. The quantitative estimate of drug-likeness (QED) is 0.163. The van der Waals surface area contributed by atoms with E-state index in [1.165, 1.54) is 25.0 Å². The summed E-state index contributed by atoms with van der Waals surface area (Å²) in [6, 6.07) is 14.1. The number of ether oxygens (including phenoxy) is 2. The molecule has 6 rings (SSSR count). The van der Waals surface area contributed by atoms with Crippen LogP contribution in [0.4, 0.5) is 27.6 Å². The third kappa shape index (κ3) is 6.96. The highest BCUT2D eigenvalue weighted by molar-refractivity contribution is 6.04. The number of aliphatic hydroxyl groups is 1. The van der Waals surface area contributed by atoms with Gasteiger partial charge in [0.2, 0.25) is 5.82 Å². The maximum Gasteiger partial charge on any atom is 0.261 e. The Hall–Kier alpha value is -3.42. The number of aliphatic hydroxyl groups excluding tert-OH is 1. The van der Waals surface area contributed by atoms with Gasteiger partial charge in [-0.2, -0.15) is 0 Å². The van der Waals surface area contributed by atoms with Crippen molar-refractivity contribution in [3.8, 4) is 0 Å². The molecule has 3 aromatic carbocycles. The van der Waals surface area contributed by atoms with E-state index in [0.29, 0.717) is 18.0 Å². The number of anilines is 1. The number of halogens is 5. The van der Waals surface area contributed by atoms with E-state index in [2.05, 4.69) is 15.1 Å². The van der Waals surface area contributed by atoms with Crippen LogP contribution in [-0.2, 0) is 16.1 Å². The van der Waals surface area contributed by atoms with E-state index in [0.717, 1.165) is 56.7 Å². The average Bonchev–Trinajstić information content (AvgIpc) is 3.75. The third-order valence-electron chi connectivity index (χ3n) is 9.10. The Morgan fingerprint density at radius 2 is 1.41 bits per heavy atom. The lowest BCUT2D eigenvalue weighted by molar-refractivity contribution is -0.253. The molecule has 0 bridgehead atoms. The monoisotopic (exact) mass is 645 g/mol. The van der Waals surface area contributed by atoms with Gasteiger partial charge in [-0.25, -0.2) is 22.0 Å². The largest absolute Gasteiger partial charge is 0.392 e. The summed E-state index contributed by atoms with van der Waals surface area (Å²) >= 11 is 0. The molecule has 0 radical (unpaired) electrons. The van der Waals surface area contributed by atoms with E-state index in [1.54, 1.807) is 12.1 Å². The number of amides is 1. The topological polar surface area (TPSA) is 74.3 Å². The number of likely N-dealkylation sites (tertiary alicyclic amines) is 2. The molecule has 0 spiro atoms. The second-order valence-electron chi connectivity index (χ2n) is 12.2. The number of hydrogen-bond donors (Lipinski definition) is 2. The molecule has 3 aliphatic rings. The van der Waals surface area contributed by atoms with Gasteiger partial charge in [0.1, 0.15) is 5.56 Å². The maximum absolute atomic E-state index is 14.2. The number of carbonyl (C=O) groups is 1. The van der Waals surface area contributed by atoms with Gasteiger partial charge in [-0.15, -0.1) is 0 Å². The zero-order valence-corrected chi connectivity index (χ0v) is 25.2. The van der Waals surface area contributed by atoms with E-state index in [-0.39, 0.29) is 24.5 Å². The molecule has 0 aliphatic carbocycles. The van der Waals surface area contributed by atoms with Gasteiger partial charge < -0.3 is 24.8 Å². The summed E-state index contributed by atoms with van der Waals surface area (Å²) in [6.45, 7) is 5.00. The smallest absolute Gasteiger partial charge is 0.261 e. The fraction of sp³-hybridized carbons (Fsp3) is 0.441. The van der Waals surface area contributed by atoms with Crippen LogP contribution in [0, 0.1) is 29.1 Å². The SMILES string of the molecule is O=C(Nc1ccc([C@@H]2O[C@H](CN3CCC[C@H]3CN3CCCC3)C[C@H](c3ccc(CO)cc3)O2)cc1)c1c(F)c(F)c(F)c(F)c1F. The van der Waals surface area contributed by atoms with E-state index in [9.17, 15) is 31.9 Å². The number of nitrogens with zero attached hydrogens (tertiary/aromatic N) is 2. The maximum atomic E-state index is 14.2. The first-order valence-corrected chi connectivity index (χ1v) is 15.6. The van der Waals surface area contributed by atoms with Crippen molar-refractivity contribution in [3.05, 3.63) is 99.9 Å². The van der Waals surface area contributed by atoms with Crippen molar-refractivity contribution in [2.45, 2.75) is 63.3 Å². The van der Waals surface area contributed by atoms with Crippen LogP contribution in [0.1, 0.15) is 71.5 Å². The third-order valence-corrected chi connectivity index (χ3v) is 9.10. The fourth-order valence-electron chi connectivity index (χ4n) is 6.62. The highest BCUT2D eigenvalue weighted by atomic mass is 19.2. The molecule has 4 atom stereocenters. The molecular weight excluding hydrogens is 609 g/mol. The molecule has 3 aromatic rings. The lowest BCUT2D eigenvalue weighted by Gasteiger charge is -2.39. The highest BCUT2D eigenvalue weighted by Gasteiger charge is 2.36. The summed E-state index contributed by atoms with van der Waals surface area (Å²) in [6.07, 6.45) is 4.15. The molecule has 2 N–H and O–H groups in total. The number of benzene rings is 3. The second-order valence-corrected chi connectivity index (χ2v) is 12.2. The number of rotatable bonds is 9. The van der Waals surface area contributed by atoms with Crippen LogP contribution in [0.3, 0.4) is 0 Å². The molecule has 3 saturated heterocycles. The van der Waals surface area contributed by atoms with Gasteiger partial charge in [0.25, 0.3) is 5.91 Å². The van der Waals surface area contributed by atoms with E-state index < -0.39 is 46.8 Å². The summed E-state index contributed by atoms with van der Waals surface area (Å²) in [4.78, 5) is 17.6. The van der Waals surface area contributed by atoms with Gasteiger partial charge >= 0.3 is 0 Å². The molecule has 1 amide bonds. The Labute approximate surface area is 263 Å². The van der Waals surface area contributed by atoms with Crippen molar-refractivity contribution in [1.82, 2.24) is 9.80 Å². The molecule has 0 unspecified atom stereocenters. The van der Waals surface area contributed by atoms with Gasteiger partial charge in [-0.05, 0) is 68.6 Å². The molecule has 46 heavy (non-hydrogen) atoms. The molecule has 246 valence electrons. The first kappa shape index (κ1) is 32.5. The van der Waals surface area contributed by atoms with Crippen LogP contribution >= 0.6 is 0 Å². The van der Waals surface area contributed by atoms with Crippen molar-refractivity contribution in [2.75, 3.05) is 38.0 Å². The predicted molar refractivity (Wildman–Crippen MR) is 159 cm³/mol. The summed E-state index contributed by atoms with van der Waals surface area (Å²) < 4.78 is 81.9. The van der Waals surface area contributed by atoms with Crippen LogP contribution in [0.15, 0.2) is 48.5 Å². The summed E-state index contributed by atoms with van der Waals surface area (Å²) in [5, 5.41) is 11.7. The average molecular weight is 646 g/mol. The Kier molecular flexibility index (Phi) is 10.00. The number of nitrogens with one attached hydrogen (secondary N) is 1. The number of carbonyl (C=O) groups excluding carboxylic acids is 1.